The molecule has 1 saturated carbocycles. The number of likely N-dealkylation sites (tertiary alicyclic amines) is 1. The molecule has 15 heavy (non-hydrogen) atoms. The van der Waals surface area contributed by atoms with E-state index in [4.69, 9.17) is 5.73 Å². The van der Waals surface area contributed by atoms with Crippen LogP contribution in [0.25, 0.3) is 0 Å². The number of nitrogens with two attached hydrogens (primary N) is 1. The topological polar surface area (TPSA) is 41.6 Å². The molecule has 2 rings (SSSR count). The van der Waals surface area contributed by atoms with Gasteiger partial charge in [0, 0.05) is 12.5 Å². The smallest absolute Gasteiger partial charge is 0.0968 e. The summed E-state index contributed by atoms with van der Waals surface area (Å²) in [5.74, 6) is 2.35. The maximum atomic E-state index is 5.89. The Labute approximate surface area is 92.7 Å². The molecule has 1 heterocycles. The first-order valence-electron chi connectivity index (χ1n) is 6.31. The van der Waals surface area contributed by atoms with E-state index in [0.29, 0.717) is 5.92 Å². The van der Waals surface area contributed by atoms with E-state index < -0.39 is 0 Å². The van der Waals surface area contributed by atoms with Crippen LogP contribution < -0.4 is 5.73 Å². The SMILES string of the molecule is CCN1CCC(CN=C(N)C2CC2)CC1. The van der Waals surface area contributed by atoms with Gasteiger partial charge in [0.15, 0.2) is 0 Å². The van der Waals surface area contributed by atoms with Crippen LogP contribution in [0.5, 0.6) is 0 Å². The summed E-state index contributed by atoms with van der Waals surface area (Å²) < 4.78 is 0. The van der Waals surface area contributed by atoms with Crippen LogP contribution in [0, 0.1) is 11.8 Å². The van der Waals surface area contributed by atoms with E-state index in [1.807, 2.05) is 0 Å². The molecule has 2 N–H and O–H groups in total. The van der Waals surface area contributed by atoms with Gasteiger partial charge in [0.1, 0.15) is 0 Å². The van der Waals surface area contributed by atoms with Crippen LogP contribution in [0.15, 0.2) is 4.99 Å². The zero-order valence-corrected chi connectivity index (χ0v) is 9.78. The van der Waals surface area contributed by atoms with E-state index >= 15 is 0 Å². The number of piperidine rings is 1. The summed E-state index contributed by atoms with van der Waals surface area (Å²) in [6.45, 7) is 6.91. The predicted molar refractivity (Wildman–Crippen MR) is 64.1 cm³/mol. The van der Waals surface area contributed by atoms with E-state index in [1.54, 1.807) is 0 Å². The standard InChI is InChI=1S/C12H23N3/c1-2-15-7-5-10(6-8-15)9-14-12(13)11-3-4-11/h10-11H,2-9H2,1H3,(H2,13,14). The maximum absolute atomic E-state index is 5.89. The van der Waals surface area contributed by atoms with Crippen molar-refractivity contribution in [1.29, 1.82) is 0 Å². The Balaban J connectivity index is 1.69. The molecule has 0 aromatic rings. The third kappa shape index (κ3) is 3.20. The van der Waals surface area contributed by atoms with Crippen molar-refractivity contribution in [2.75, 3.05) is 26.2 Å². The van der Waals surface area contributed by atoms with Crippen LogP contribution in [0.3, 0.4) is 0 Å². The second kappa shape index (κ2) is 4.97. The molecule has 1 saturated heterocycles. The number of hydrogen-bond acceptors (Lipinski definition) is 2. The molecule has 0 unspecified atom stereocenters. The number of aliphatic imine (C=N–C) groups is 1. The molecule has 3 heteroatoms. The van der Waals surface area contributed by atoms with Gasteiger partial charge in [0.05, 0.1) is 5.84 Å². The van der Waals surface area contributed by atoms with Crippen molar-refractivity contribution in [2.24, 2.45) is 22.6 Å². The minimum absolute atomic E-state index is 0.640. The fourth-order valence-electron chi connectivity index (χ4n) is 2.23. The van der Waals surface area contributed by atoms with Gasteiger partial charge in [-0.3, -0.25) is 4.99 Å². The van der Waals surface area contributed by atoms with Crippen LogP contribution in [0.4, 0.5) is 0 Å². The lowest BCUT2D eigenvalue weighted by molar-refractivity contribution is 0.196. The molecule has 0 spiro atoms. The zero-order valence-electron chi connectivity index (χ0n) is 9.78. The Morgan fingerprint density at radius 3 is 2.47 bits per heavy atom. The Kier molecular flexibility index (Phi) is 3.62. The molecular weight excluding hydrogens is 186 g/mol. The average Bonchev–Trinajstić information content (AvgIpc) is 3.10. The van der Waals surface area contributed by atoms with Crippen LogP contribution in [0.2, 0.25) is 0 Å². The van der Waals surface area contributed by atoms with Gasteiger partial charge in [-0.25, -0.2) is 0 Å². The van der Waals surface area contributed by atoms with Crippen LogP contribution in [0.1, 0.15) is 32.6 Å². The molecular formula is C12H23N3. The first-order chi connectivity index (χ1) is 7.29. The molecule has 0 aromatic carbocycles. The zero-order chi connectivity index (χ0) is 10.7. The minimum Gasteiger partial charge on any atom is -0.387 e. The highest BCUT2D eigenvalue weighted by Gasteiger charge is 2.25. The molecule has 0 amide bonds. The summed E-state index contributed by atoms with van der Waals surface area (Å²) in [5, 5.41) is 0. The van der Waals surface area contributed by atoms with Gasteiger partial charge in [-0.05, 0) is 51.2 Å². The van der Waals surface area contributed by atoms with Crippen molar-refractivity contribution >= 4 is 5.84 Å². The van der Waals surface area contributed by atoms with E-state index in [-0.39, 0.29) is 0 Å². The molecule has 2 aliphatic rings. The number of rotatable bonds is 4. The largest absolute Gasteiger partial charge is 0.387 e. The fraction of sp³-hybridized carbons (Fsp3) is 0.917. The Morgan fingerprint density at radius 2 is 1.93 bits per heavy atom. The number of nitrogens with zero attached hydrogens (tertiary/aromatic N) is 2. The van der Waals surface area contributed by atoms with Gasteiger partial charge in [0.2, 0.25) is 0 Å². The fourth-order valence-corrected chi connectivity index (χ4v) is 2.23. The van der Waals surface area contributed by atoms with Gasteiger partial charge in [-0.2, -0.15) is 0 Å². The number of hydrogen-bond donors (Lipinski definition) is 1. The molecule has 2 fully saturated rings. The molecule has 0 aromatic heterocycles. The Morgan fingerprint density at radius 1 is 1.27 bits per heavy atom. The van der Waals surface area contributed by atoms with Gasteiger partial charge >= 0.3 is 0 Å². The van der Waals surface area contributed by atoms with E-state index in [0.717, 1.165) is 18.3 Å². The van der Waals surface area contributed by atoms with Gasteiger partial charge < -0.3 is 10.6 Å². The molecule has 3 nitrogen and oxygen atoms in total. The lowest BCUT2D eigenvalue weighted by Crippen LogP contribution is -2.34. The van der Waals surface area contributed by atoms with Crippen molar-refractivity contribution in [2.45, 2.75) is 32.6 Å². The van der Waals surface area contributed by atoms with E-state index in [9.17, 15) is 0 Å². The summed E-state index contributed by atoms with van der Waals surface area (Å²) in [5.41, 5.74) is 5.89. The maximum Gasteiger partial charge on any atom is 0.0968 e. The lowest BCUT2D eigenvalue weighted by atomic mass is 9.97. The highest BCUT2D eigenvalue weighted by atomic mass is 15.1. The monoisotopic (exact) mass is 209 g/mol. The van der Waals surface area contributed by atoms with Gasteiger partial charge in [-0.1, -0.05) is 6.92 Å². The average molecular weight is 209 g/mol. The Hall–Kier alpha value is -0.570. The van der Waals surface area contributed by atoms with Crippen molar-refractivity contribution < 1.29 is 0 Å². The Bertz CT molecular complexity index is 225. The summed E-state index contributed by atoms with van der Waals surface area (Å²) in [4.78, 5) is 7.05. The molecule has 0 atom stereocenters. The first kappa shape index (κ1) is 10.9. The highest BCUT2D eigenvalue weighted by molar-refractivity contribution is 5.84. The summed E-state index contributed by atoms with van der Waals surface area (Å²) in [7, 11) is 0. The summed E-state index contributed by atoms with van der Waals surface area (Å²) in [6, 6.07) is 0. The van der Waals surface area contributed by atoms with Crippen molar-refractivity contribution in [3.63, 3.8) is 0 Å². The van der Waals surface area contributed by atoms with Crippen LogP contribution in [-0.2, 0) is 0 Å². The van der Waals surface area contributed by atoms with Crippen molar-refractivity contribution in [3.05, 3.63) is 0 Å². The predicted octanol–water partition coefficient (Wildman–Crippen LogP) is 1.49. The summed E-state index contributed by atoms with van der Waals surface area (Å²) >= 11 is 0. The first-order valence-corrected chi connectivity index (χ1v) is 6.31. The van der Waals surface area contributed by atoms with Gasteiger partial charge in [0.25, 0.3) is 0 Å². The highest BCUT2D eigenvalue weighted by Crippen LogP contribution is 2.29. The molecule has 1 aliphatic carbocycles. The minimum atomic E-state index is 0.640. The second-order valence-electron chi connectivity index (χ2n) is 4.92. The summed E-state index contributed by atoms with van der Waals surface area (Å²) in [6.07, 6.45) is 5.14. The number of amidine groups is 1. The quantitative estimate of drug-likeness (QED) is 0.563. The van der Waals surface area contributed by atoms with Gasteiger partial charge in [-0.15, -0.1) is 0 Å². The van der Waals surface area contributed by atoms with Crippen molar-refractivity contribution in [1.82, 2.24) is 4.90 Å². The normalized spacial score (nSPS) is 25.8. The van der Waals surface area contributed by atoms with Crippen molar-refractivity contribution in [3.8, 4) is 0 Å². The molecule has 0 bridgehead atoms. The second-order valence-corrected chi connectivity index (χ2v) is 4.92. The third-order valence-corrected chi connectivity index (χ3v) is 3.68. The molecule has 1 aliphatic heterocycles. The third-order valence-electron chi connectivity index (χ3n) is 3.68. The van der Waals surface area contributed by atoms with E-state index in [2.05, 4.69) is 16.8 Å². The lowest BCUT2D eigenvalue weighted by Gasteiger charge is -2.30. The van der Waals surface area contributed by atoms with Crippen LogP contribution in [-0.4, -0.2) is 36.9 Å². The molecule has 0 radical (unpaired) electrons. The van der Waals surface area contributed by atoms with Crippen LogP contribution >= 0.6 is 0 Å². The molecule has 86 valence electrons. The van der Waals surface area contributed by atoms with E-state index in [1.165, 1.54) is 45.3 Å².